The number of carbonyl (C=O) groups is 1. The maximum absolute atomic E-state index is 12.8. The van der Waals surface area contributed by atoms with Crippen molar-refractivity contribution in [2.45, 2.75) is 57.1 Å². The first kappa shape index (κ1) is 15.3. The van der Waals surface area contributed by atoms with Crippen LogP contribution in [0.2, 0.25) is 0 Å². The van der Waals surface area contributed by atoms with Crippen LogP contribution in [0.3, 0.4) is 0 Å². The van der Waals surface area contributed by atoms with E-state index >= 15 is 0 Å². The Morgan fingerprint density at radius 1 is 1.36 bits per heavy atom. The molecule has 5 heteroatoms. The summed E-state index contributed by atoms with van der Waals surface area (Å²) in [5.41, 5.74) is -0.516. The lowest BCUT2D eigenvalue weighted by Gasteiger charge is -2.43. The molecule has 0 radical (unpaired) electrons. The molecule has 0 unspecified atom stereocenters. The molecule has 3 rings (SSSR count). The molecule has 2 fully saturated rings. The van der Waals surface area contributed by atoms with E-state index in [9.17, 15) is 14.7 Å². The Kier molecular flexibility index (Phi) is 4.08. The maximum Gasteiger partial charge on any atom is 0.254 e. The third kappa shape index (κ3) is 2.82. The lowest BCUT2D eigenvalue weighted by atomic mass is 9.72. The topological polar surface area (TPSA) is 73.4 Å². The van der Waals surface area contributed by atoms with E-state index in [1.165, 1.54) is 12.3 Å². The van der Waals surface area contributed by atoms with E-state index < -0.39 is 5.60 Å². The molecule has 0 bridgehead atoms. The fraction of sp³-hybridized carbons (Fsp3) is 0.647. The van der Waals surface area contributed by atoms with E-state index in [0.29, 0.717) is 12.1 Å². The van der Waals surface area contributed by atoms with E-state index in [-0.39, 0.29) is 23.4 Å². The number of hydrogen-bond donors (Lipinski definition) is 2. The zero-order valence-corrected chi connectivity index (χ0v) is 13.0. The molecular weight excluding hydrogens is 280 g/mol. The molecule has 5 nitrogen and oxygen atoms in total. The highest BCUT2D eigenvalue weighted by Gasteiger charge is 2.44. The summed E-state index contributed by atoms with van der Waals surface area (Å²) in [6.45, 7) is 2.62. The number of H-pyrrole nitrogens is 1. The van der Waals surface area contributed by atoms with Crippen LogP contribution in [0.5, 0.6) is 0 Å². The number of aromatic amines is 1. The Bertz CT molecular complexity index is 608. The van der Waals surface area contributed by atoms with Gasteiger partial charge >= 0.3 is 0 Å². The number of amides is 1. The van der Waals surface area contributed by atoms with Crippen molar-refractivity contribution in [3.8, 4) is 0 Å². The molecule has 1 saturated heterocycles. The lowest BCUT2D eigenvalue weighted by Crippen LogP contribution is -2.50. The molecule has 1 aromatic rings. The van der Waals surface area contributed by atoms with Crippen LogP contribution in [0.1, 0.15) is 55.8 Å². The van der Waals surface area contributed by atoms with Gasteiger partial charge in [0.25, 0.3) is 5.91 Å². The maximum atomic E-state index is 12.8. The van der Waals surface area contributed by atoms with Crippen molar-refractivity contribution in [1.82, 2.24) is 9.88 Å². The van der Waals surface area contributed by atoms with Gasteiger partial charge in [-0.25, -0.2) is 0 Å². The highest BCUT2D eigenvalue weighted by molar-refractivity contribution is 5.94. The van der Waals surface area contributed by atoms with Crippen LogP contribution in [0, 0.1) is 5.92 Å². The first-order valence-corrected chi connectivity index (χ1v) is 8.21. The van der Waals surface area contributed by atoms with Gasteiger partial charge in [-0.15, -0.1) is 0 Å². The largest absolute Gasteiger partial charge is 0.390 e. The monoisotopic (exact) mass is 304 g/mol. The Balaban J connectivity index is 1.84. The van der Waals surface area contributed by atoms with Crippen molar-refractivity contribution < 1.29 is 9.90 Å². The Labute approximate surface area is 130 Å². The van der Waals surface area contributed by atoms with Crippen molar-refractivity contribution in [1.29, 1.82) is 0 Å². The SMILES string of the molecule is C[C@]1(O)CCCC[C@H]1[C@@H]1CCCN1C(=O)c1cc[nH]c(=O)c1. The van der Waals surface area contributed by atoms with Crippen LogP contribution in [0.25, 0.3) is 0 Å². The zero-order valence-electron chi connectivity index (χ0n) is 13.0. The van der Waals surface area contributed by atoms with Gasteiger partial charge in [0.1, 0.15) is 0 Å². The minimum absolute atomic E-state index is 0.0853. The molecule has 0 aromatic carbocycles. The summed E-state index contributed by atoms with van der Waals surface area (Å²) in [7, 11) is 0. The number of rotatable bonds is 2. The summed E-state index contributed by atoms with van der Waals surface area (Å²) in [6.07, 6.45) is 7.36. The Morgan fingerprint density at radius 2 is 2.18 bits per heavy atom. The van der Waals surface area contributed by atoms with Crippen molar-refractivity contribution in [2.75, 3.05) is 6.54 Å². The van der Waals surface area contributed by atoms with Crippen LogP contribution in [0.4, 0.5) is 0 Å². The predicted octanol–water partition coefficient (Wildman–Crippen LogP) is 1.92. The minimum Gasteiger partial charge on any atom is -0.390 e. The van der Waals surface area contributed by atoms with E-state index in [1.54, 1.807) is 6.07 Å². The van der Waals surface area contributed by atoms with Crippen molar-refractivity contribution in [3.63, 3.8) is 0 Å². The quantitative estimate of drug-likeness (QED) is 0.876. The lowest BCUT2D eigenvalue weighted by molar-refractivity contribution is -0.0577. The summed E-state index contributed by atoms with van der Waals surface area (Å²) in [5, 5.41) is 10.7. The highest BCUT2D eigenvalue weighted by atomic mass is 16.3. The van der Waals surface area contributed by atoms with Crippen LogP contribution in [0.15, 0.2) is 23.1 Å². The first-order valence-electron chi connectivity index (χ1n) is 8.21. The number of likely N-dealkylation sites (tertiary alicyclic amines) is 1. The van der Waals surface area contributed by atoms with Crippen LogP contribution < -0.4 is 5.56 Å². The number of nitrogens with zero attached hydrogens (tertiary/aromatic N) is 1. The summed E-state index contributed by atoms with van der Waals surface area (Å²) in [4.78, 5) is 28.6. The smallest absolute Gasteiger partial charge is 0.254 e. The summed E-state index contributed by atoms with van der Waals surface area (Å²) in [6, 6.07) is 3.09. The molecule has 3 atom stereocenters. The summed E-state index contributed by atoms with van der Waals surface area (Å²) in [5.74, 6) is 0.0460. The van der Waals surface area contributed by atoms with Crippen molar-refractivity contribution in [2.24, 2.45) is 5.92 Å². The Morgan fingerprint density at radius 3 is 2.91 bits per heavy atom. The molecular formula is C17H24N2O3. The summed E-state index contributed by atoms with van der Waals surface area (Å²) >= 11 is 0. The molecule has 1 amide bonds. The van der Waals surface area contributed by atoms with Crippen molar-refractivity contribution >= 4 is 5.91 Å². The normalized spacial score (nSPS) is 32.2. The second-order valence-electron chi connectivity index (χ2n) is 6.86. The number of pyridine rings is 1. The van der Waals surface area contributed by atoms with Crippen molar-refractivity contribution in [3.05, 3.63) is 34.2 Å². The molecule has 2 aliphatic rings. The van der Waals surface area contributed by atoms with Crippen LogP contribution in [-0.2, 0) is 0 Å². The average Bonchev–Trinajstić information content (AvgIpc) is 2.95. The molecule has 0 spiro atoms. The van der Waals surface area contributed by atoms with Gasteiger partial charge in [-0.1, -0.05) is 12.8 Å². The molecule has 1 saturated carbocycles. The van der Waals surface area contributed by atoms with E-state index in [2.05, 4.69) is 4.98 Å². The highest BCUT2D eigenvalue weighted by Crippen LogP contribution is 2.40. The number of hydrogen-bond acceptors (Lipinski definition) is 3. The molecule has 2 N–H and O–H groups in total. The second kappa shape index (κ2) is 5.88. The summed E-state index contributed by atoms with van der Waals surface area (Å²) < 4.78 is 0. The van der Waals surface area contributed by atoms with E-state index in [0.717, 1.165) is 38.5 Å². The standard InChI is InChI=1S/C17H24N2O3/c1-17(22)8-3-2-5-13(17)14-6-4-10-19(14)16(21)12-7-9-18-15(20)11-12/h7,9,11,13-14,22H,2-6,8,10H2,1H3,(H,18,20)/t13-,14-,17-/m0/s1. The van der Waals surface area contributed by atoms with Gasteiger partial charge in [0.2, 0.25) is 5.56 Å². The fourth-order valence-electron chi connectivity index (χ4n) is 4.16. The molecule has 1 aliphatic heterocycles. The van der Waals surface area contributed by atoms with E-state index in [4.69, 9.17) is 0 Å². The van der Waals surface area contributed by atoms with Gasteiger partial charge in [-0.2, -0.15) is 0 Å². The van der Waals surface area contributed by atoms with Gasteiger partial charge in [0.15, 0.2) is 0 Å². The van der Waals surface area contributed by atoms with E-state index in [1.807, 2.05) is 11.8 Å². The average molecular weight is 304 g/mol. The predicted molar refractivity (Wildman–Crippen MR) is 83.7 cm³/mol. The third-order valence-corrected chi connectivity index (χ3v) is 5.29. The number of aromatic nitrogens is 1. The number of nitrogens with one attached hydrogen (secondary N) is 1. The first-order chi connectivity index (χ1) is 10.5. The van der Waals surface area contributed by atoms with Crippen LogP contribution in [-0.4, -0.2) is 39.1 Å². The zero-order chi connectivity index (χ0) is 15.7. The van der Waals surface area contributed by atoms with Gasteiger partial charge in [0.05, 0.1) is 5.60 Å². The molecule has 22 heavy (non-hydrogen) atoms. The third-order valence-electron chi connectivity index (χ3n) is 5.29. The van der Waals surface area contributed by atoms with Gasteiger partial charge in [-0.3, -0.25) is 9.59 Å². The molecule has 1 aromatic heterocycles. The van der Waals surface area contributed by atoms with Gasteiger partial charge in [0, 0.05) is 36.3 Å². The molecule has 1 aliphatic carbocycles. The van der Waals surface area contributed by atoms with Gasteiger partial charge in [-0.05, 0) is 38.7 Å². The van der Waals surface area contributed by atoms with Crippen LogP contribution >= 0.6 is 0 Å². The van der Waals surface area contributed by atoms with Gasteiger partial charge < -0.3 is 15.0 Å². The molecule has 120 valence electrons. The Hall–Kier alpha value is -1.62. The number of aliphatic hydroxyl groups is 1. The molecule has 2 heterocycles. The minimum atomic E-state index is -0.694. The number of carbonyl (C=O) groups excluding carboxylic acids is 1. The second-order valence-corrected chi connectivity index (χ2v) is 6.86. The fourth-order valence-corrected chi connectivity index (χ4v) is 4.16.